The Labute approximate surface area is 99.1 Å². The second kappa shape index (κ2) is 6.00. The Morgan fingerprint density at radius 3 is 2.53 bits per heavy atom. The fourth-order valence-corrected chi connectivity index (χ4v) is 1.47. The van der Waals surface area contributed by atoms with E-state index >= 15 is 0 Å². The number of hydrogen-bond acceptors (Lipinski definition) is 3. The lowest BCUT2D eigenvalue weighted by atomic mass is 10.0. The van der Waals surface area contributed by atoms with Crippen molar-refractivity contribution in [1.82, 2.24) is 5.32 Å². The van der Waals surface area contributed by atoms with Crippen LogP contribution in [-0.2, 0) is 11.2 Å². The van der Waals surface area contributed by atoms with Crippen LogP contribution in [0.1, 0.15) is 22.8 Å². The summed E-state index contributed by atoms with van der Waals surface area (Å²) in [5, 5.41) is 19.8. The van der Waals surface area contributed by atoms with Gasteiger partial charge in [0.1, 0.15) is 0 Å². The van der Waals surface area contributed by atoms with Crippen molar-refractivity contribution in [3.8, 4) is 0 Å². The summed E-state index contributed by atoms with van der Waals surface area (Å²) in [5.74, 6) is -1.74. The molecule has 1 amide bonds. The van der Waals surface area contributed by atoms with Gasteiger partial charge in [0.25, 0.3) is 5.91 Å². The molecular weight excluding hydrogens is 222 g/mol. The molecule has 0 fully saturated rings. The maximum atomic E-state index is 11.8. The number of rotatable bonds is 5. The molecule has 0 saturated heterocycles. The van der Waals surface area contributed by atoms with E-state index in [1.54, 1.807) is 12.1 Å². The van der Waals surface area contributed by atoms with Gasteiger partial charge in [-0.05, 0) is 18.1 Å². The molecular formula is C12H15NO4. The molecule has 0 aliphatic rings. The van der Waals surface area contributed by atoms with Gasteiger partial charge in [0.2, 0.25) is 0 Å². The molecule has 0 radical (unpaired) electrons. The van der Waals surface area contributed by atoms with Crippen LogP contribution in [-0.4, -0.2) is 34.7 Å². The topological polar surface area (TPSA) is 86.6 Å². The van der Waals surface area contributed by atoms with Crippen molar-refractivity contribution in [2.75, 3.05) is 6.61 Å². The number of hydrogen-bond donors (Lipinski definition) is 3. The minimum absolute atomic E-state index is 0.440. The monoisotopic (exact) mass is 237 g/mol. The quantitative estimate of drug-likeness (QED) is 0.693. The number of aliphatic carboxylic acids is 1. The minimum atomic E-state index is -1.27. The number of nitrogens with one attached hydrogen (secondary N) is 1. The molecule has 0 aliphatic heterocycles. The van der Waals surface area contributed by atoms with E-state index in [9.17, 15) is 9.59 Å². The maximum Gasteiger partial charge on any atom is 0.328 e. The van der Waals surface area contributed by atoms with Crippen LogP contribution in [0.4, 0.5) is 0 Å². The van der Waals surface area contributed by atoms with Crippen molar-refractivity contribution in [2.24, 2.45) is 0 Å². The highest BCUT2D eigenvalue weighted by molar-refractivity contribution is 5.97. The van der Waals surface area contributed by atoms with E-state index in [0.717, 1.165) is 5.56 Å². The summed E-state index contributed by atoms with van der Waals surface area (Å²) in [6.45, 7) is 1.28. The van der Waals surface area contributed by atoms with Crippen molar-refractivity contribution < 1.29 is 19.8 Å². The average Bonchev–Trinajstić information content (AvgIpc) is 2.35. The van der Waals surface area contributed by atoms with Crippen molar-refractivity contribution in [1.29, 1.82) is 0 Å². The molecule has 17 heavy (non-hydrogen) atoms. The molecule has 1 aromatic carbocycles. The number of benzene rings is 1. The number of carbonyl (C=O) groups is 2. The fourth-order valence-electron chi connectivity index (χ4n) is 1.47. The van der Waals surface area contributed by atoms with Crippen LogP contribution in [0.5, 0.6) is 0 Å². The lowest BCUT2D eigenvalue weighted by Crippen LogP contribution is -2.43. The molecule has 0 saturated carbocycles. The molecule has 5 heteroatoms. The predicted molar refractivity (Wildman–Crippen MR) is 61.8 cm³/mol. The first-order valence-corrected chi connectivity index (χ1v) is 5.32. The first-order valence-electron chi connectivity index (χ1n) is 5.32. The maximum absolute atomic E-state index is 11.8. The zero-order chi connectivity index (χ0) is 12.8. The highest BCUT2D eigenvalue weighted by atomic mass is 16.4. The van der Waals surface area contributed by atoms with Gasteiger partial charge in [0.05, 0.1) is 6.61 Å². The van der Waals surface area contributed by atoms with Crippen LogP contribution in [0, 0.1) is 0 Å². The predicted octanol–water partition coefficient (Wildman–Crippen LogP) is 0.424. The van der Waals surface area contributed by atoms with Gasteiger partial charge >= 0.3 is 5.97 Å². The Balaban J connectivity index is 2.86. The number of aryl methyl sites for hydroxylation is 1. The van der Waals surface area contributed by atoms with Crippen LogP contribution in [0.2, 0.25) is 0 Å². The van der Waals surface area contributed by atoms with E-state index in [0.29, 0.717) is 12.0 Å². The summed E-state index contributed by atoms with van der Waals surface area (Å²) in [7, 11) is 0. The van der Waals surface area contributed by atoms with Gasteiger partial charge < -0.3 is 15.5 Å². The molecule has 0 unspecified atom stereocenters. The number of carboxylic acids is 1. The lowest BCUT2D eigenvalue weighted by molar-refractivity contribution is -0.140. The standard InChI is InChI=1S/C12H15NO4/c1-2-8-5-3-4-6-9(8)11(15)13-10(7-14)12(16)17/h3-6,10,14H,2,7H2,1H3,(H,13,15)(H,16,17)/t10-/m1/s1. The zero-order valence-corrected chi connectivity index (χ0v) is 9.51. The van der Waals surface area contributed by atoms with Gasteiger partial charge in [-0.25, -0.2) is 4.79 Å². The SMILES string of the molecule is CCc1ccccc1C(=O)N[C@H](CO)C(=O)O. The van der Waals surface area contributed by atoms with E-state index in [1.807, 2.05) is 19.1 Å². The molecule has 0 heterocycles. The number of carboxylic acid groups (broad SMARTS) is 1. The molecule has 0 aliphatic carbocycles. The second-order valence-corrected chi connectivity index (χ2v) is 3.56. The second-order valence-electron chi connectivity index (χ2n) is 3.56. The number of amides is 1. The van der Waals surface area contributed by atoms with E-state index in [1.165, 1.54) is 0 Å². The van der Waals surface area contributed by atoms with Gasteiger partial charge in [0.15, 0.2) is 6.04 Å². The summed E-state index contributed by atoms with van der Waals surface area (Å²) in [4.78, 5) is 22.5. The van der Waals surface area contributed by atoms with Crippen LogP contribution in [0.15, 0.2) is 24.3 Å². The third-order valence-corrected chi connectivity index (χ3v) is 2.43. The van der Waals surface area contributed by atoms with Crippen LogP contribution >= 0.6 is 0 Å². The number of carbonyl (C=O) groups excluding carboxylic acids is 1. The van der Waals surface area contributed by atoms with Gasteiger partial charge in [-0.3, -0.25) is 4.79 Å². The first-order chi connectivity index (χ1) is 8.10. The fraction of sp³-hybridized carbons (Fsp3) is 0.333. The molecule has 92 valence electrons. The summed E-state index contributed by atoms with van der Waals surface area (Å²) >= 11 is 0. The normalized spacial score (nSPS) is 11.9. The first kappa shape index (κ1) is 13.2. The Morgan fingerprint density at radius 1 is 1.35 bits per heavy atom. The Hall–Kier alpha value is -1.88. The Kier molecular flexibility index (Phi) is 4.66. The molecule has 3 N–H and O–H groups in total. The third-order valence-electron chi connectivity index (χ3n) is 2.43. The summed E-state index contributed by atoms with van der Waals surface area (Å²) in [6, 6.07) is 5.69. The highest BCUT2D eigenvalue weighted by Crippen LogP contribution is 2.09. The summed E-state index contributed by atoms with van der Waals surface area (Å²) in [6.07, 6.45) is 0.681. The van der Waals surface area contributed by atoms with E-state index in [4.69, 9.17) is 10.2 Å². The molecule has 1 rings (SSSR count). The van der Waals surface area contributed by atoms with E-state index in [2.05, 4.69) is 5.32 Å². The largest absolute Gasteiger partial charge is 0.480 e. The highest BCUT2D eigenvalue weighted by Gasteiger charge is 2.20. The third kappa shape index (κ3) is 3.29. The lowest BCUT2D eigenvalue weighted by Gasteiger charge is -2.13. The van der Waals surface area contributed by atoms with Crippen LogP contribution in [0.25, 0.3) is 0 Å². The minimum Gasteiger partial charge on any atom is -0.480 e. The van der Waals surface area contributed by atoms with Crippen molar-refractivity contribution in [3.63, 3.8) is 0 Å². The van der Waals surface area contributed by atoms with Crippen LogP contribution < -0.4 is 5.32 Å². The zero-order valence-electron chi connectivity index (χ0n) is 9.51. The molecule has 5 nitrogen and oxygen atoms in total. The van der Waals surface area contributed by atoms with E-state index in [-0.39, 0.29) is 0 Å². The van der Waals surface area contributed by atoms with E-state index < -0.39 is 24.5 Å². The summed E-state index contributed by atoms with van der Waals surface area (Å²) < 4.78 is 0. The molecule has 1 atom stereocenters. The Bertz CT molecular complexity index is 417. The Morgan fingerprint density at radius 2 is 2.00 bits per heavy atom. The van der Waals surface area contributed by atoms with Gasteiger partial charge in [-0.15, -0.1) is 0 Å². The van der Waals surface area contributed by atoms with Gasteiger partial charge in [-0.1, -0.05) is 25.1 Å². The van der Waals surface area contributed by atoms with Crippen molar-refractivity contribution in [3.05, 3.63) is 35.4 Å². The number of aliphatic hydroxyl groups excluding tert-OH is 1. The number of aliphatic hydroxyl groups is 1. The van der Waals surface area contributed by atoms with Crippen LogP contribution in [0.3, 0.4) is 0 Å². The summed E-state index contributed by atoms with van der Waals surface area (Å²) in [5.41, 5.74) is 1.28. The van der Waals surface area contributed by atoms with Gasteiger partial charge in [0, 0.05) is 5.56 Å². The van der Waals surface area contributed by atoms with Crippen molar-refractivity contribution in [2.45, 2.75) is 19.4 Å². The molecule has 0 spiro atoms. The molecule has 1 aromatic rings. The average molecular weight is 237 g/mol. The van der Waals surface area contributed by atoms with Gasteiger partial charge in [-0.2, -0.15) is 0 Å². The molecule has 0 aromatic heterocycles. The molecule has 0 bridgehead atoms. The van der Waals surface area contributed by atoms with Crippen molar-refractivity contribution >= 4 is 11.9 Å². The smallest absolute Gasteiger partial charge is 0.328 e.